The van der Waals surface area contributed by atoms with Gasteiger partial charge in [-0.2, -0.15) is 0 Å². The third kappa shape index (κ3) is 3.53. The van der Waals surface area contributed by atoms with Crippen LogP contribution in [0.5, 0.6) is 0 Å². The van der Waals surface area contributed by atoms with Crippen LogP contribution in [-0.4, -0.2) is 17.6 Å². The topological polar surface area (TPSA) is 65.2 Å². The molecule has 0 amide bonds. The number of carbonyl (C=O) groups excluding carboxylic acids is 1. The second kappa shape index (κ2) is 6.50. The van der Waals surface area contributed by atoms with Gasteiger partial charge in [-0.3, -0.25) is 0 Å². The Morgan fingerprint density at radius 1 is 1.33 bits per heavy atom. The van der Waals surface area contributed by atoms with Gasteiger partial charge >= 0.3 is 5.97 Å². The maximum atomic E-state index is 11.8. The Kier molecular flexibility index (Phi) is 4.70. The van der Waals surface area contributed by atoms with Gasteiger partial charge in [0.25, 0.3) is 0 Å². The Balaban J connectivity index is 1.82. The van der Waals surface area contributed by atoms with Crippen molar-refractivity contribution < 1.29 is 9.53 Å². The summed E-state index contributed by atoms with van der Waals surface area (Å²) in [6.07, 6.45) is 7.79. The second-order valence-electron chi connectivity index (χ2n) is 4.86. The molecule has 0 aliphatic heterocycles. The average molecular weight is 248 g/mol. The Morgan fingerprint density at radius 2 is 2.11 bits per heavy atom. The van der Waals surface area contributed by atoms with E-state index >= 15 is 0 Å². The lowest BCUT2D eigenvalue weighted by atomic mass is 9.90. The summed E-state index contributed by atoms with van der Waals surface area (Å²) in [5.41, 5.74) is 6.76. The molecular weight excluding hydrogens is 228 g/mol. The minimum absolute atomic E-state index is 0.329. The second-order valence-corrected chi connectivity index (χ2v) is 4.86. The zero-order valence-electron chi connectivity index (χ0n) is 10.6. The van der Waals surface area contributed by atoms with Gasteiger partial charge in [0.15, 0.2) is 0 Å². The van der Waals surface area contributed by atoms with Gasteiger partial charge in [-0.05, 0) is 30.4 Å². The van der Waals surface area contributed by atoms with Crippen LogP contribution < -0.4 is 5.73 Å². The van der Waals surface area contributed by atoms with Crippen LogP contribution in [0.1, 0.15) is 48.2 Å². The average Bonchev–Trinajstić information content (AvgIpc) is 2.46. The molecule has 1 aromatic heterocycles. The lowest BCUT2D eigenvalue weighted by molar-refractivity contribution is 0.0403. The normalized spacial score (nSPS) is 16.5. The molecule has 1 aliphatic carbocycles. The van der Waals surface area contributed by atoms with Crippen molar-refractivity contribution in [2.24, 2.45) is 11.7 Å². The number of carbonyl (C=O) groups is 1. The molecule has 0 radical (unpaired) electrons. The van der Waals surface area contributed by atoms with Crippen LogP contribution in [0.2, 0.25) is 0 Å². The van der Waals surface area contributed by atoms with Gasteiger partial charge in [0, 0.05) is 12.7 Å². The molecule has 0 aromatic carbocycles. The highest BCUT2D eigenvalue weighted by atomic mass is 16.5. The molecule has 0 atom stereocenters. The number of nitrogens with zero attached hydrogens (tertiary/aromatic N) is 1. The summed E-state index contributed by atoms with van der Waals surface area (Å²) < 4.78 is 5.31. The fourth-order valence-electron chi connectivity index (χ4n) is 2.29. The first-order valence-corrected chi connectivity index (χ1v) is 6.61. The molecule has 0 unspecified atom stereocenters. The number of hydrogen-bond donors (Lipinski definition) is 1. The number of aromatic nitrogens is 1. The van der Waals surface area contributed by atoms with Crippen molar-refractivity contribution in [1.29, 1.82) is 0 Å². The van der Waals surface area contributed by atoms with E-state index < -0.39 is 0 Å². The van der Waals surface area contributed by atoms with Crippen molar-refractivity contribution in [2.75, 3.05) is 6.61 Å². The van der Waals surface area contributed by atoms with Gasteiger partial charge in [0.2, 0.25) is 0 Å². The molecule has 98 valence electrons. The molecule has 4 nitrogen and oxygen atoms in total. The van der Waals surface area contributed by atoms with E-state index in [1.807, 2.05) is 6.07 Å². The number of ether oxygens (including phenoxy) is 1. The highest BCUT2D eigenvalue weighted by Gasteiger charge is 2.16. The largest absolute Gasteiger partial charge is 0.461 e. The van der Waals surface area contributed by atoms with Crippen molar-refractivity contribution in [1.82, 2.24) is 4.98 Å². The fourth-order valence-corrected chi connectivity index (χ4v) is 2.29. The molecule has 1 aliphatic rings. The van der Waals surface area contributed by atoms with Crippen LogP contribution in [0.25, 0.3) is 0 Å². The fraction of sp³-hybridized carbons (Fsp3) is 0.571. The van der Waals surface area contributed by atoms with E-state index in [1.165, 1.54) is 32.1 Å². The maximum Gasteiger partial charge on any atom is 0.356 e. The zero-order chi connectivity index (χ0) is 12.8. The molecule has 4 heteroatoms. The van der Waals surface area contributed by atoms with Gasteiger partial charge in [-0.25, -0.2) is 9.78 Å². The molecule has 2 N–H and O–H groups in total. The lowest BCUT2D eigenvalue weighted by Crippen LogP contribution is -2.17. The van der Waals surface area contributed by atoms with E-state index in [9.17, 15) is 4.79 Å². The number of rotatable bonds is 4. The molecule has 1 heterocycles. The summed E-state index contributed by atoms with van der Waals surface area (Å²) in [6, 6.07) is 3.48. The van der Waals surface area contributed by atoms with Crippen LogP contribution in [0.4, 0.5) is 0 Å². The maximum absolute atomic E-state index is 11.8. The molecule has 1 saturated carbocycles. The number of nitrogens with two attached hydrogens (primary N) is 1. The summed E-state index contributed by atoms with van der Waals surface area (Å²) >= 11 is 0. The monoisotopic (exact) mass is 248 g/mol. The van der Waals surface area contributed by atoms with Gasteiger partial charge < -0.3 is 10.5 Å². The standard InChI is InChI=1S/C14H20N2O2/c15-8-12-6-7-13(16-9-12)14(17)18-10-11-4-2-1-3-5-11/h6-7,9,11H,1-5,8,10,15H2. The predicted octanol–water partition coefficient (Wildman–Crippen LogP) is 2.28. The Bertz CT molecular complexity index is 383. The van der Waals surface area contributed by atoms with E-state index in [1.54, 1.807) is 12.3 Å². The van der Waals surface area contributed by atoms with E-state index in [4.69, 9.17) is 10.5 Å². The number of esters is 1. The quantitative estimate of drug-likeness (QED) is 0.830. The van der Waals surface area contributed by atoms with Gasteiger partial charge in [-0.1, -0.05) is 25.3 Å². The number of hydrogen-bond acceptors (Lipinski definition) is 4. The van der Waals surface area contributed by atoms with Crippen LogP contribution in [0, 0.1) is 5.92 Å². The van der Waals surface area contributed by atoms with Gasteiger partial charge in [0.05, 0.1) is 6.61 Å². The SMILES string of the molecule is NCc1ccc(C(=O)OCC2CCCCC2)nc1. The van der Waals surface area contributed by atoms with Crippen molar-refractivity contribution in [2.45, 2.75) is 38.6 Å². The van der Waals surface area contributed by atoms with Gasteiger partial charge in [-0.15, -0.1) is 0 Å². The Labute approximate surface area is 108 Å². The minimum atomic E-state index is -0.329. The first-order valence-electron chi connectivity index (χ1n) is 6.61. The summed E-state index contributed by atoms with van der Waals surface area (Å²) in [6.45, 7) is 0.962. The summed E-state index contributed by atoms with van der Waals surface area (Å²) in [7, 11) is 0. The van der Waals surface area contributed by atoms with Crippen molar-refractivity contribution in [3.05, 3.63) is 29.6 Å². The third-order valence-corrected chi connectivity index (χ3v) is 3.44. The molecule has 0 spiro atoms. The summed E-state index contributed by atoms with van der Waals surface area (Å²) in [5, 5.41) is 0. The van der Waals surface area contributed by atoms with Crippen LogP contribution in [0.15, 0.2) is 18.3 Å². The Morgan fingerprint density at radius 3 is 2.72 bits per heavy atom. The van der Waals surface area contributed by atoms with Gasteiger partial charge in [0.1, 0.15) is 5.69 Å². The predicted molar refractivity (Wildman–Crippen MR) is 69.0 cm³/mol. The van der Waals surface area contributed by atoms with Crippen LogP contribution >= 0.6 is 0 Å². The molecule has 0 bridgehead atoms. The lowest BCUT2D eigenvalue weighted by Gasteiger charge is -2.20. The van der Waals surface area contributed by atoms with Crippen LogP contribution in [0.3, 0.4) is 0 Å². The van der Waals surface area contributed by atoms with Crippen molar-refractivity contribution in [3.8, 4) is 0 Å². The molecule has 1 aromatic rings. The molecule has 2 rings (SSSR count). The Hall–Kier alpha value is -1.42. The molecular formula is C14H20N2O2. The van der Waals surface area contributed by atoms with Crippen molar-refractivity contribution >= 4 is 5.97 Å². The minimum Gasteiger partial charge on any atom is -0.461 e. The highest BCUT2D eigenvalue weighted by Crippen LogP contribution is 2.23. The van der Waals surface area contributed by atoms with E-state index in [0.717, 1.165) is 5.56 Å². The first-order chi connectivity index (χ1) is 8.79. The summed E-state index contributed by atoms with van der Waals surface area (Å²) in [4.78, 5) is 15.8. The van der Waals surface area contributed by atoms with E-state index in [-0.39, 0.29) is 5.97 Å². The number of pyridine rings is 1. The molecule has 1 fully saturated rings. The van der Waals surface area contributed by atoms with E-state index in [0.29, 0.717) is 24.8 Å². The zero-order valence-corrected chi connectivity index (χ0v) is 10.6. The highest BCUT2D eigenvalue weighted by molar-refractivity contribution is 5.87. The smallest absolute Gasteiger partial charge is 0.356 e. The van der Waals surface area contributed by atoms with E-state index in [2.05, 4.69) is 4.98 Å². The first kappa shape index (κ1) is 13.0. The summed E-state index contributed by atoms with van der Waals surface area (Å²) in [5.74, 6) is 0.204. The van der Waals surface area contributed by atoms with Crippen molar-refractivity contribution in [3.63, 3.8) is 0 Å². The molecule has 0 saturated heterocycles. The molecule has 18 heavy (non-hydrogen) atoms. The third-order valence-electron chi connectivity index (χ3n) is 3.44. The van der Waals surface area contributed by atoms with Crippen LogP contribution in [-0.2, 0) is 11.3 Å².